The van der Waals surface area contributed by atoms with Crippen molar-refractivity contribution < 1.29 is 4.74 Å². The van der Waals surface area contributed by atoms with Crippen molar-refractivity contribution >= 4 is 34.6 Å². The van der Waals surface area contributed by atoms with E-state index >= 15 is 0 Å². The fourth-order valence-corrected chi connectivity index (χ4v) is 2.85. The highest BCUT2D eigenvalue weighted by molar-refractivity contribution is 7.80. The summed E-state index contributed by atoms with van der Waals surface area (Å²) in [6, 6.07) is 25.2. The maximum Gasteiger partial charge on any atom is 0.171 e. The maximum atomic E-state index is 5.88. The molecule has 0 fully saturated rings. The highest BCUT2D eigenvalue weighted by Crippen LogP contribution is 2.24. The number of thiocarbonyl (C=S) groups is 1. The van der Waals surface area contributed by atoms with Crippen LogP contribution >= 0.6 is 23.8 Å². The van der Waals surface area contributed by atoms with Crippen molar-refractivity contribution in [2.24, 2.45) is 0 Å². The van der Waals surface area contributed by atoms with Gasteiger partial charge >= 0.3 is 0 Å². The van der Waals surface area contributed by atoms with Gasteiger partial charge in [0.15, 0.2) is 5.11 Å². The van der Waals surface area contributed by atoms with Gasteiger partial charge < -0.3 is 15.4 Å². The fraction of sp³-hybridized carbons (Fsp3) is 0.0952. The van der Waals surface area contributed by atoms with Gasteiger partial charge in [-0.05, 0) is 73.2 Å². The quantitative estimate of drug-likeness (QED) is 0.516. The average molecular weight is 383 g/mol. The molecule has 0 spiro atoms. The molecule has 3 nitrogen and oxygen atoms in total. The van der Waals surface area contributed by atoms with Crippen molar-refractivity contribution in [2.45, 2.75) is 13.0 Å². The minimum absolute atomic E-state index is 0.128. The lowest BCUT2D eigenvalue weighted by Gasteiger charge is -2.17. The molecule has 0 amide bonds. The van der Waals surface area contributed by atoms with Gasteiger partial charge in [0.25, 0.3) is 0 Å². The molecule has 0 saturated heterocycles. The van der Waals surface area contributed by atoms with E-state index in [0.29, 0.717) is 10.1 Å². The second-order valence-corrected chi connectivity index (χ2v) is 6.66. The van der Waals surface area contributed by atoms with E-state index in [1.54, 1.807) is 12.1 Å². The number of benzene rings is 3. The van der Waals surface area contributed by atoms with E-state index < -0.39 is 0 Å². The summed E-state index contributed by atoms with van der Waals surface area (Å²) >= 11 is 11.3. The van der Waals surface area contributed by atoms with E-state index in [2.05, 4.69) is 29.7 Å². The summed E-state index contributed by atoms with van der Waals surface area (Å²) in [6.07, 6.45) is 0. The summed E-state index contributed by atoms with van der Waals surface area (Å²) in [4.78, 5) is 0. The van der Waals surface area contributed by atoms with Crippen molar-refractivity contribution in [3.05, 3.63) is 89.4 Å². The van der Waals surface area contributed by atoms with E-state index in [1.165, 1.54) is 5.56 Å². The first-order valence-corrected chi connectivity index (χ1v) is 9.05. The molecule has 0 aliphatic carbocycles. The lowest BCUT2D eigenvalue weighted by Crippen LogP contribution is -2.30. The van der Waals surface area contributed by atoms with Gasteiger partial charge in [0.1, 0.15) is 11.5 Å². The number of anilines is 1. The Bertz CT molecular complexity index is 851. The summed E-state index contributed by atoms with van der Waals surface area (Å²) in [5.41, 5.74) is 2.08. The van der Waals surface area contributed by atoms with Gasteiger partial charge in [-0.15, -0.1) is 0 Å². The fourth-order valence-electron chi connectivity index (χ4n) is 2.43. The van der Waals surface area contributed by atoms with Crippen molar-refractivity contribution in [3.8, 4) is 11.5 Å². The van der Waals surface area contributed by atoms with Crippen LogP contribution in [-0.2, 0) is 0 Å². The highest BCUT2D eigenvalue weighted by Gasteiger charge is 2.06. The topological polar surface area (TPSA) is 33.3 Å². The molecule has 1 unspecified atom stereocenters. The Morgan fingerprint density at radius 1 is 0.885 bits per heavy atom. The molecular weight excluding hydrogens is 364 g/mol. The number of hydrogen-bond donors (Lipinski definition) is 2. The Labute approximate surface area is 164 Å². The summed E-state index contributed by atoms with van der Waals surface area (Å²) in [6.45, 7) is 2.08. The van der Waals surface area contributed by atoms with Crippen molar-refractivity contribution in [3.63, 3.8) is 0 Å². The minimum Gasteiger partial charge on any atom is -0.457 e. The van der Waals surface area contributed by atoms with Gasteiger partial charge in [0, 0.05) is 10.7 Å². The number of hydrogen-bond acceptors (Lipinski definition) is 2. The second kappa shape index (κ2) is 8.70. The zero-order chi connectivity index (χ0) is 18.4. The zero-order valence-electron chi connectivity index (χ0n) is 14.3. The lowest BCUT2D eigenvalue weighted by atomic mass is 10.1. The van der Waals surface area contributed by atoms with Crippen LogP contribution in [0.2, 0.25) is 5.02 Å². The van der Waals surface area contributed by atoms with Crippen LogP contribution in [0.1, 0.15) is 18.5 Å². The second-order valence-electron chi connectivity index (χ2n) is 5.81. The van der Waals surface area contributed by atoms with Crippen molar-refractivity contribution in [1.82, 2.24) is 5.32 Å². The first kappa shape index (κ1) is 18.2. The van der Waals surface area contributed by atoms with E-state index in [0.717, 1.165) is 17.2 Å². The van der Waals surface area contributed by atoms with E-state index in [1.807, 2.05) is 54.6 Å². The SMILES string of the molecule is CC(NC(=S)Nc1ccc(Oc2ccc(Cl)cc2)cc1)c1ccccc1. The first-order valence-electron chi connectivity index (χ1n) is 8.26. The normalized spacial score (nSPS) is 11.5. The first-order chi connectivity index (χ1) is 12.6. The molecule has 0 aromatic heterocycles. The standard InChI is InChI=1S/C21H19ClN2OS/c1-15(16-5-3-2-4-6-16)23-21(26)24-18-9-13-20(14-10-18)25-19-11-7-17(22)8-12-19/h2-15H,1H3,(H2,23,24,26). The lowest BCUT2D eigenvalue weighted by molar-refractivity contribution is 0.483. The Kier molecular flexibility index (Phi) is 6.10. The molecule has 2 N–H and O–H groups in total. The average Bonchev–Trinajstić information content (AvgIpc) is 2.66. The predicted octanol–water partition coefficient (Wildman–Crippen LogP) is 6.18. The van der Waals surface area contributed by atoms with Crippen molar-refractivity contribution in [2.75, 3.05) is 5.32 Å². The van der Waals surface area contributed by atoms with Crippen LogP contribution in [-0.4, -0.2) is 5.11 Å². The van der Waals surface area contributed by atoms with Gasteiger partial charge in [-0.1, -0.05) is 41.9 Å². The molecule has 5 heteroatoms. The summed E-state index contributed by atoms with van der Waals surface area (Å²) in [7, 11) is 0. The predicted molar refractivity (Wildman–Crippen MR) is 112 cm³/mol. The summed E-state index contributed by atoms with van der Waals surface area (Å²) in [5.74, 6) is 1.48. The number of halogens is 1. The maximum absolute atomic E-state index is 5.88. The van der Waals surface area contributed by atoms with Gasteiger partial charge in [-0.3, -0.25) is 0 Å². The molecule has 1 atom stereocenters. The Morgan fingerprint density at radius 3 is 2.08 bits per heavy atom. The molecule has 0 aliphatic rings. The van der Waals surface area contributed by atoms with E-state index in [-0.39, 0.29) is 6.04 Å². The molecule has 0 aliphatic heterocycles. The van der Waals surface area contributed by atoms with E-state index in [9.17, 15) is 0 Å². The molecule has 26 heavy (non-hydrogen) atoms. The van der Waals surface area contributed by atoms with Crippen LogP contribution < -0.4 is 15.4 Å². The highest BCUT2D eigenvalue weighted by atomic mass is 35.5. The van der Waals surface area contributed by atoms with Crippen LogP contribution in [0.3, 0.4) is 0 Å². The molecule has 0 bridgehead atoms. The molecule has 3 rings (SSSR count). The summed E-state index contributed by atoms with van der Waals surface area (Å²) < 4.78 is 5.78. The molecule has 3 aromatic carbocycles. The van der Waals surface area contributed by atoms with Gasteiger partial charge in [0.2, 0.25) is 0 Å². The Hall–Kier alpha value is -2.56. The Balaban J connectivity index is 1.55. The number of ether oxygens (including phenoxy) is 1. The minimum atomic E-state index is 0.128. The molecular formula is C21H19ClN2OS. The molecule has 132 valence electrons. The third kappa shape index (κ3) is 5.22. The Morgan fingerprint density at radius 2 is 1.46 bits per heavy atom. The molecule has 0 saturated carbocycles. The largest absolute Gasteiger partial charge is 0.457 e. The van der Waals surface area contributed by atoms with Crippen LogP contribution in [0.15, 0.2) is 78.9 Å². The van der Waals surface area contributed by atoms with Crippen LogP contribution in [0.5, 0.6) is 11.5 Å². The van der Waals surface area contributed by atoms with Crippen LogP contribution in [0.4, 0.5) is 5.69 Å². The van der Waals surface area contributed by atoms with Gasteiger partial charge in [0.05, 0.1) is 6.04 Å². The molecule has 3 aromatic rings. The molecule has 0 radical (unpaired) electrons. The van der Waals surface area contributed by atoms with Crippen molar-refractivity contribution in [1.29, 1.82) is 0 Å². The van der Waals surface area contributed by atoms with Gasteiger partial charge in [-0.2, -0.15) is 0 Å². The summed E-state index contributed by atoms with van der Waals surface area (Å²) in [5, 5.41) is 7.73. The third-order valence-corrected chi connectivity index (χ3v) is 4.28. The van der Waals surface area contributed by atoms with Crippen LogP contribution in [0.25, 0.3) is 0 Å². The van der Waals surface area contributed by atoms with E-state index in [4.69, 9.17) is 28.6 Å². The monoisotopic (exact) mass is 382 g/mol. The van der Waals surface area contributed by atoms with Crippen LogP contribution in [0, 0.1) is 0 Å². The number of nitrogens with one attached hydrogen (secondary N) is 2. The zero-order valence-corrected chi connectivity index (χ0v) is 15.8. The molecule has 0 heterocycles. The number of rotatable bonds is 5. The smallest absolute Gasteiger partial charge is 0.171 e. The van der Waals surface area contributed by atoms with Gasteiger partial charge in [-0.25, -0.2) is 0 Å². The third-order valence-electron chi connectivity index (χ3n) is 3.81.